The number of hydrogen-bond donors (Lipinski definition) is 3. The minimum atomic E-state index is -1.01. The van der Waals surface area contributed by atoms with E-state index in [1.54, 1.807) is 36.4 Å². The van der Waals surface area contributed by atoms with Crippen LogP contribution < -0.4 is 11.0 Å². The normalized spacial score (nSPS) is 10.4. The Morgan fingerprint density at radius 3 is 2.40 bits per heavy atom. The van der Waals surface area contributed by atoms with E-state index in [4.69, 9.17) is 5.11 Å². The third-order valence-corrected chi connectivity index (χ3v) is 3.49. The second-order valence-corrected chi connectivity index (χ2v) is 5.21. The van der Waals surface area contributed by atoms with Crippen LogP contribution in [0.4, 0.5) is 0 Å². The SMILES string of the molecule is O=C(O)c1ccc(CNC(=O)c2nn(-c3ccccc3)c(=O)[nH]2)cc1. The molecule has 2 aromatic carbocycles. The van der Waals surface area contributed by atoms with Crippen molar-refractivity contribution >= 4 is 11.9 Å². The van der Waals surface area contributed by atoms with Gasteiger partial charge in [-0.3, -0.25) is 9.78 Å². The number of benzene rings is 2. The molecule has 1 amide bonds. The molecule has 0 saturated heterocycles. The van der Waals surface area contributed by atoms with Gasteiger partial charge in [0.05, 0.1) is 11.3 Å². The number of aromatic nitrogens is 3. The van der Waals surface area contributed by atoms with Crippen LogP contribution in [-0.4, -0.2) is 31.7 Å². The lowest BCUT2D eigenvalue weighted by Crippen LogP contribution is -2.24. The fourth-order valence-electron chi connectivity index (χ4n) is 2.20. The van der Waals surface area contributed by atoms with Crippen LogP contribution in [0, 0.1) is 0 Å². The van der Waals surface area contributed by atoms with Gasteiger partial charge in [0.15, 0.2) is 0 Å². The van der Waals surface area contributed by atoms with Crippen LogP contribution in [0.2, 0.25) is 0 Å². The summed E-state index contributed by atoms with van der Waals surface area (Å²) in [5.74, 6) is -1.65. The maximum atomic E-state index is 12.1. The molecule has 0 atom stereocenters. The Morgan fingerprint density at radius 1 is 1.08 bits per heavy atom. The largest absolute Gasteiger partial charge is 0.478 e. The van der Waals surface area contributed by atoms with Gasteiger partial charge in [-0.1, -0.05) is 30.3 Å². The lowest BCUT2D eigenvalue weighted by atomic mass is 10.1. The number of para-hydroxylation sites is 1. The average molecular weight is 338 g/mol. The number of nitrogens with one attached hydrogen (secondary N) is 2. The Balaban J connectivity index is 1.70. The fourth-order valence-corrected chi connectivity index (χ4v) is 2.20. The van der Waals surface area contributed by atoms with Gasteiger partial charge in [0.1, 0.15) is 0 Å². The quantitative estimate of drug-likeness (QED) is 0.646. The molecule has 0 bridgehead atoms. The van der Waals surface area contributed by atoms with Gasteiger partial charge in [-0.15, -0.1) is 5.10 Å². The van der Waals surface area contributed by atoms with Crippen molar-refractivity contribution in [3.63, 3.8) is 0 Å². The van der Waals surface area contributed by atoms with Crippen LogP contribution in [0.25, 0.3) is 5.69 Å². The molecule has 126 valence electrons. The van der Waals surface area contributed by atoms with Crippen LogP contribution in [-0.2, 0) is 6.54 Å². The summed E-state index contributed by atoms with van der Waals surface area (Å²) < 4.78 is 1.11. The summed E-state index contributed by atoms with van der Waals surface area (Å²) in [5, 5.41) is 15.5. The third kappa shape index (κ3) is 3.63. The molecule has 0 aliphatic rings. The molecule has 25 heavy (non-hydrogen) atoms. The molecule has 3 rings (SSSR count). The van der Waals surface area contributed by atoms with Crippen molar-refractivity contribution in [1.29, 1.82) is 0 Å². The molecule has 0 radical (unpaired) electrons. The molecule has 0 unspecified atom stereocenters. The third-order valence-electron chi connectivity index (χ3n) is 3.49. The van der Waals surface area contributed by atoms with Crippen molar-refractivity contribution < 1.29 is 14.7 Å². The van der Waals surface area contributed by atoms with E-state index < -0.39 is 17.6 Å². The molecule has 3 N–H and O–H groups in total. The summed E-state index contributed by atoms with van der Waals surface area (Å²) in [6.45, 7) is 0.180. The predicted molar refractivity (Wildman–Crippen MR) is 88.8 cm³/mol. The first-order valence-corrected chi connectivity index (χ1v) is 7.40. The molecular weight excluding hydrogens is 324 g/mol. The average Bonchev–Trinajstić information content (AvgIpc) is 3.02. The molecule has 0 saturated carbocycles. The minimum Gasteiger partial charge on any atom is -0.478 e. The maximum Gasteiger partial charge on any atom is 0.348 e. The highest BCUT2D eigenvalue weighted by Crippen LogP contribution is 2.05. The van der Waals surface area contributed by atoms with E-state index in [1.165, 1.54) is 12.1 Å². The van der Waals surface area contributed by atoms with E-state index in [2.05, 4.69) is 15.4 Å². The van der Waals surface area contributed by atoms with Crippen LogP contribution in [0.3, 0.4) is 0 Å². The van der Waals surface area contributed by atoms with Gasteiger partial charge >= 0.3 is 11.7 Å². The molecule has 0 aliphatic heterocycles. The van der Waals surface area contributed by atoms with Crippen LogP contribution in [0.1, 0.15) is 26.5 Å². The van der Waals surface area contributed by atoms with E-state index in [-0.39, 0.29) is 17.9 Å². The predicted octanol–water partition coefficient (Wildman–Crippen LogP) is 1.19. The summed E-state index contributed by atoms with van der Waals surface area (Å²) in [6, 6.07) is 14.9. The number of carboxylic acid groups (broad SMARTS) is 1. The Bertz CT molecular complexity index is 958. The number of amides is 1. The van der Waals surface area contributed by atoms with E-state index in [0.717, 1.165) is 10.2 Å². The number of aromatic amines is 1. The van der Waals surface area contributed by atoms with Crippen molar-refractivity contribution in [1.82, 2.24) is 20.1 Å². The van der Waals surface area contributed by atoms with E-state index in [0.29, 0.717) is 5.69 Å². The fraction of sp³-hybridized carbons (Fsp3) is 0.0588. The lowest BCUT2D eigenvalue weighted by molar-refractivity contribution is 0.0696. The molecule has 1 aromatic heterocycles. The van der Waals surface area contributed by atoms with Gasteiger partial charge in [0, 0.05) is 6.54 Å². The molecule has 0 fully saturated rings. The smallest absolute Gasteiger partial charge is 0.348 e. The zero-order valence-electron chi connectivity index (χ0n) is 13.0. The van der Waals surface area contributed by atoms with E-state index in [1.807, 2.05) is 6.07 Å². The number of aromatic carboxylic acids is 1. The maximum absolute atomic E-state index is 12.1. The summed E-state index contributed by atoms with van der Waals surface area (Å²) in [7, 11) is 0. The van der Waals surface area contributed by atoms with Gasteiger partial charge in [-0.05, 0) is 29.8 Å². The monoisotopic (exact) mass is 338 g/mol. The van der Waals surface area contributed by atoms with E-state index in [9.17, 15) is 14.4 Å². The Morgan fingerprint density at radius 2 is 1.76 bits per heavy atom. The van der Waals surface area contributed by atoms with E-state index >= 15 is 0 Å². The number of rotatable bonds is 5. The zero-order valence-corrected chi connectivity index (χ0v) is 13.0. The molecular formula is C17H14N4O4. The number of carbonyl (C=O) groups is 2. The zero-order chi connectivity index (χ0) is 17.8. The summed E-state index contributed by atoms with van der Waals surface area (Å²) in [4.78, 5) is 37.3. The first-order chi connectivity index (χ1) is 12.0. The number of carbonyl (C=O) groups excluding carboxylic acids is 1. The Hall–Kier alpha value is -3.68. The molecule has 0 spiro atoms. The van der Waals surface area contributed by atoms with Gasteiger partial charge in [-0.25, -0.2) is 9.59 Å². The Labute approximate surface area is 141 Å². The standard InChI is InChI=1S/C17H14N4O4/c22-15(18-10-11-6-8-12(9-7-11)16(23)24)14-19-17(25)21(20-14)13-4-2-1-3-5-13/h1-9H,10H2,(H,18,22)(H,23,24)(H,19,20,25). The number of hydrogen-bond acceptors (Lipinski definition) is 4. The number of carboxylic acids is 1. The summed E-state index contributed by atoms with van der Waals surface area (Å²) in [5.41, 5.74) is 0.929. The highest BCUT2D eigenvalue weighted by atomic mass is 16.4. The van der Waals surface area contributed by atoms with Gasteiger partial charge in [0.2, 0.25) is 5.82 Å². The number of H-pyrrole nitrogens is 1. The summed E-state index contributed by atoms with van der Waals surface area (Å²) >= 11 is 0. The first kappa shape index (κ1) is 16.2. The highest BCUT2D eigenvalue weighted by Gasteiger charge is 2.14. The summed E-state index contributed by atoms with van der Waals surface area (Å²) in [6.07, 6.45) is 0. The van der Waals surface area contributed by atoms with Crippen molar-refractivity contribution in [3.8, 4) is 5.69 Å². The minimum absolute atomic E-state index is 0.101. The van der Waals surface area contributed by atoms with Crippen molar-refractivity contribution in [3.05, 3.63) is 82.0 Å². The van der Waals surface area contributed by atoms with Crippen molar-refractivity contribution in [2.75, 3.05) is 0 Å². The van der Waals surface area contributed by atoms with Crippen LogP contribution in [0.15, 0.2) is 59.4 Å². The number of nitrogens with zero attached hydrogens (tertiary/aromatic N) is 2. The molecule has 8 nitrogen and oxygen atoms in total. The molecule has 0 aliphatic carbocycles. The lowest BCUT2D eigenvalue weighted by Gasteiger charge is -2.03. The molecule has 1 heterocycles. The molecule has 8 heteroatoms. The van der Waals surface area contributed by atoms with Gasteiger partial charge < -0.3 is 10.4 Å². The Kier molecular flexibility index (Phi) is 4.42. The van der Waals surface area contributed by atoms with Gasteiger partial charge in [-0.2, -0.15) is 4.68 Å². The van der Waals surface area contributed by atoms with Crippen molar-refractivity contribution in [2.45, 2.75) is 6.54 Å². The molecule has 3 aromatic rings. The second kappa shape index (κ2) is 6.83. The van der Waals surface area contributed by atoms with Gasteiger partial charge in [0.25, 0.3) is 5.91 Å². The highest BCUT2D eigenvalue weighted by molar-refractivity contribution is 5.90. The van der Waals surface area contributed by atoms with Crippen LogP contribution in [0.5, 0.6) is 0 Å². The van der Waals surface area contributed by atoms with Crippen molar-refractivity contribution in [2.24, 2.45) is 0 Å². The van der Waals surface area contributed by atoms with Crippen LogP contribution >= 0.6 is 0 Å². The topological polar surface area (TPSA) is 117 Å². The first-order valence-electron chi connectivity index (χ1n) is 7.40. The second-order valence-electron chi connectivity index (χ2n) is 5.21.